The molecule has 0 aromatic rings. The van der Waals surface area contributed by atoms with Gasteiger partial charge in [0.05, 0.1) is 5.92 Å². The molecule has 0 aliphatic rings. The van der Waals surface area contributed by atoms with Gasteiger partial charge in [-0.2, -0.15) is 0 Å². The summed E-state index contributed by atoms with van der Waals surface area (Å²) in [5, 5.41) is 8.60. The van der Waals surface area contributed by atoms with Crippen molar-refractivity contribution in [2.24, 2.45) is 5.92 Å². The number of esters is 3. The van der Waals surface area contributed by atoms with Gasteiger partial charge in [0.15, 0.2) is 0 Å². The molecule has 138 valence electrons. The SMILES string of the molecule is CC(=O)OC(C)OC(=O)C(CCCCCC(=O)O)C(C)OC(C)=O. The Hall–Kier alpha value is -2.12. The maximum atomic E-state index is 12.2. The first-order valence-corrected chi connectivity index (χ1v) is 7.90. The van der Waals surface area contributed by atoms with E-state index in [1.165, 1.54) is 20.8 Å². The second kappa shape index (κ2) is 11.4. The maximum Gasteiger partial charge on any atom is 0.315 e. The van der Waals surface area contributed by atoms with Gasteiger partial charge in [0.2, 0.25) is 6.29 Å². The first-order valence-electron chi connectivity index (χ1n) is 7.90. The summed E-state index contributed by atoms with van der Waals surface area (Å²) in [5.74, 6) is -3.30. The van der Waals surface area contributed by atoms with Gasteiger partial charge in [0, 0.05) is 27.2 Å². The lowest BCUT2D eigenvalue weighted by atomic mass is 9.96. The van der Waals surface area contributed by atoms with Crippen molar-refractivity contribution < 1.29 is 38.5 Å². The molecule has 3 unspecified atom stereocenters. The summed E-state index contributed by atoms with van der Waals surface area (Å²) < 4.78 is 14.8. The topological polar surface area (TPSA) is 116 Å². The number of ether oxygens (including phenoxy) is 3. The van der Waals surface area contributed by atoms with E-state index >= 15 is 0 Å². The molecule has 0 aliphatic carbocycles. The molecular formula is C16H26O8. The molecule has 0 saturated heterocycles. The van der Waals surface area contributed by atoms with Crippen LogP contribution in [0, 0.1) is 5.92 Å². The van der Waals surface area contributed by atoms with Crippen LogP contribution in [-0.2, 0) is 33.4 Å². The van der Waals surface area contributed by atoms with Crippen LogP contribution >= 0.6 is 0 Å². The van der Waals surface area contributed by atoms with Gasteiger partial charge >= 0.3 is 23.9 Å². The van der Waals surface area contributed by atoms with Crippen LogP contribution in [0.25, 0.3) is 0 Å². The number of carbonyl (C=O) groups is 4. The van der Waals surface area contributed by atoms with E-state index in [4.69, 9.17) is 19.3 Å². The van der Waals surface area contributed by atoms with E-state index < -0.39 is 42.2 Å². The van der Waals surface area contributed by atoms with Crippen LogP contribution in [0.2, 0.25) is 0 Å². The van der Waals surface area contributed by atoms with Gasteiger partial charge < -0.3 is 19.3 Å². The number of hydrogen-bond donors (Lipinski definition) is 1. The molecule has 0 heterocycles. The molecule has 0 aliphatic heterocycles. The zero-order valence-corrected chi connectivity index (χ0v) is 14.6. The summed E-state index contributed by atoms with van der Waals surface area (Å²) in [6.07, 6.45) is 0.428. The van der Waals surface area contributed by atoms with Crippen molar-refractivity contribution in [1.29, 1.82) is 0 Å². The molecule has 0 radical (unpaired) electrons. The van der Waals surface area contributed by atoms with Crippen molar-refractivity contribution >= 4 is 23.9 Å². The minimum atomic E-state index is -1.03. The van der Waals surface area contributed by atoms with Gasteiger partial charge in [0.25, 0.3) is 0 Å². The number of carbonyl (C=O) groups excluding carboxylic acids is 3. The lowest BCUT2D eigenvalue weighted by molar-refractivity contribution is -0.189. The third-order valence-corrected chi connectivity index (χ3v) is 3.24. The van der Waals surface area contributed by atoms with E-state index in [-0.39, 0.29) is 6.42 Å². The molecule has 1 N–H and O–H groups in total. The van der Waals surface area contributed by atoms with Crippen LogP contribution in [0.4, 0.5) is 0 Å². The average Bonchev–Trinajstić information content (AvgIpc) is 2.39. The fourth-order valence-corrected chi connectivity index (χ4v) is 2.21. The molecule has 0 fully saturated rings. The molecule has 3 atom stereocenters. The lowest BCUT2D eigenvalue weighted by Crippen LogP contribution is -2.34. The molecule has 8 heteroatoms. The highest BCUT2D eigenvalue weighted by Gasteiger charge is 2.30. The first-order chi connectivity index (χ1) is 11.1. The van der Waals surface area contributed by atoms with Crippen molar-refractivity contribution in [3.05, 3.63) is 0 Å². The minimum Gasteiger partial charge on any atom is -0.481 e. The summed E-state index contributed by atoms with van der Waals surface area (Å²) in [7, 11) is 0. The van der Waals surface area contributed by atoms with Crippen molar-refractivity contribution in [1.82, 2.24) is 0 Å². The lowest BCUT2D eigenvalue weighted by Gasteiger charge is -2.23. The summed E-state index contributed by atoms with van der Waals surface area (Å²) >= 11 is 0. The summed E-state index contributed by atoms with van der Waals surface area (Å²) in [5.41, 5.74) is 0. The third kappa shape index (κ3) is 10.6. The van der Waals surface area contributed by atoms with Gasteiger partial charge in [-0.15, -0.1) is 0 Å². The second-order valence-electron chi connectivity index (χ2n) is 5.53. The third-order valence-electron chi connectivity index (χ3n) is 3.24. The highest BCUT2D eigenvalue weighted by molar-refractivity contribution is 5.74. The molecule has 0 bridgehead atoms. The Morgan fingerprint density at radius 3 is 1.96 bits per heavy atom. The first kappa shape index (κ1) is 21.9. The van der Waals surface area contributed by atoms with E-state index in [0.717, 1.165) is 0 Å². The van der Waals surface area contributed by atoms with Gasteiger partial charge in [-0.05, 0) is 19.8 Å². The molecular weight excluding hydrogens is 320 g/mol. The quantitative estimate of drug-likeness (QED) is 0.343. The number of rotatable bonds is 11. The predicted molar refractivity (Wildman–Crippen MR) is 82.8 cm³/mol. The average molecular weight is 346 g/mol. The molecule has 0 amide bonds. The Kier molecular flexibility index (Phi) is 10.4. The van der Waals surface area contributed by atoms with Crippen molar-refractivity contribution in [3.63, 3.8) is 0 Å². The van der Waals surface area contributed by atoms with Crippen LogP contribution in [0.1, 0.15) is 59.8 Å². The smallest absolute Gasteiger partial charge is 0.315 e. The number of aliphatic carboxylic acids is 1. The largest absolute Gasteiger partial charge is 0.481 e. The molecule has 24 heavy (non-hydrogen) atoms. The summed E-state index contributed by atoms with van der Waals surface area (Å²) in [6.45, 7) is 5.44. The number of carboxylic acids is 1. The van der Waals surface area contributed by atoms with Crippen LogP contribution in [-0.4, -0.2) is 41.4 Å². The Morgan fingerprint density at radius 1 is 0.875 bits per heavy atom. The van der Waals surface area contributed by atoms with Crippen LogP contribution in [0.3, 0.4) is 0 Å². The molecule has 8 nitrogen and oxygen atoms in total. The van der Waals surface area contributed by atoms with Crippen LogP contribution in [0.15, 0.2) is 0 Å². The van der Waals surface area contributed by atoms with Crippen molar-refractivity contribution in [2.45, 2.75) is 72.2 Å². The highest BCUT2D eigenvalue weighted by atomic mass is 16.7. The van der Waals surface area contributed by atoms with Crippen LogP contribution < -0.4 is 0 Å². The normalized spacial score (nSPS) is 14.2. The number of unbranched alkanes of at least 4 members (excludes halogenated alkanes) is 2. The van der Waals surface area contributed by atoms with E-state index in [2.05, 4.69) is 0 Å². The van der Waals surface area contributed by atoms with E-state index in [1.807, 2.05) is 0 Å². The summed E-state index contributed by atoms with van der Waals surface area (Å²) in [6, 6.07) is 0. The van der Waals surface area contributed by atoms with E-state index in [1.54, 1.807) is 6.92 Å². The molecule has 0 rings (SSSR count). The molecule has 0 aromatic carbocycles. The molecule has 0 spiro atoms. The zero-order chi connectivity index (χ0) is 18.7. The number of hydrogen-bond acceptors (Lipinski definition) is 7. The molecule has 0 saturated carbocycles. The fraction of sp³-hybridized carbons (Fsp3) is 0.750. The van der Waals surface area contributed by atoms with Crippen LogP contribution in [0.5, 0.6) is 0 Å². The highest BCUT2D eigenvalue weighted by Crippen LogP contribution is 2.20. The zero-order valence-electron chi connectivity index (χ0n) is 14.6. The minimum absolute atomic E-state index is 0.0676. The van der Waals surface area contributed by atoms with E-state index in [0.29, 0.717) is 25.7 Å². The number of carboxylic acid groups (broad SMARTS) is 1. The van der Waals surface area contributed by atoms with Crippen molar-refractivity contribution in [2.75, 3.05) is 0 Å². The van der Waals surface area contributed by atoms with E-state index in [9.17, 15) is 19.2 Å². The Labute approximate surface area is 141 Å². The Balaban J connectivity index is 4.61. The monoisotopic (exact) mass is 346 g/mol. The van der Waals surface area contributed by atoms with Gasteiger partial charge in [-0.25, -0.2) is 0 Å². The van der Waals surface area contributed by atoms with Gasteiger partial charge in [-0.3, -0.25) is 19.2 Å². The Morgan fingerprint density at radius 2 is 1.46 bits per heavy atom. The van der Waals surface area contributed by atoms with Gasteiger partial charge in [-0.1, -0.05) is 12.8 Å². The Bertz CT molecular complexity index is 445. The fourth-order valence-electron chi connectivity index (χ4n) is 2.21. The maximum absolute atomic E-state index is 12.2. The van der Waals surface area contributed by atoms with Crippen molar-refractivity contribution in [3.8, 4) is 0 Å². The van der Waals surface area contributed by atoms with Gasteiger partial charge in [0.1, 0.15) is 6.10 Å². The summed E-state index contributed by atoms with van der Waals surface area (Å²) in [4.78, 5) is 44.6. The predicted octanol–water partition coefficient (Wildman–Crippen LogP) is 2.04. The standard InChI is InChI=1S/C16H26O8/c1-10(22-11(2)17)14(8-6-5-7-9-15(19)20)16(21)24-13(4)23-12(3)18/h10,13-14H,5-9H2,1-4H3,(H,19,20). The molecule has 0 aromatic heterocycles. The second-order valence-corrected chi connectivity index (χ2v) is 5.53.